The van der Waals surface area contributed by atoms with Gasteiger partial charge in [0, 0.05) is 13.1 Å². The Morgan fingerprint density at radius 1 is 1.31 bits per heavy atom. The third-order valence-electron chi connectivity index (χ3n) is 3.13. The topological polar surface area (TPSA) is 29.1 Å². The fourth-order valence-electron chi connectivity index (χ4n) is 2.55. The van der Waals surface area contributed by atoms with Gasteiger partial charge in [-0.1, -0.05) is 13.8 Å². The molecule has 1 aromatic heterocycles. The minimum absolute atomic E-state index is 0.0963. The van der Waals surface area contributed by atoms with Crippen LogP contribution in [0.2, 0.25) is 0 Å². The lowest BCUT2D eigenvalue weighted by atomic mass is 9.92. The SMILES string of the molecule is CC1CC(C)CN(C(=O)n2cc[n+](C)c2)C1. The number of piperidine rings is 1. The van der Waals surface area contributed by atoms with Crippen molar-refractivity contribution < 1.29 is 9.36 Å². The third-order valence-corrected chi connectivity index (χ3v) is 3.13. The van der Waals surface area contributed by atoms with Crippen LogP contribution in [0, 0.1) is 11.8 Å². The van der Waals surface area contributed by atoms with E-state index in [9.17, 15) is 4.79 Å². The molecule has 2 heterocycles. The summed E-state index contributed by atoms with van der Waals surface area (Å²) in [6.07, 6.45) is 6.73. The molecule has 0 aliphatic carbocycles. The van der Waals surface area contributed by atoms with Crippen LogP contribution in [-0.4, -0.2) is 28.6 Å². The average molecular weight is 222 g/mol. The summed E-state index contributed by atoms with van der Waals surface area (Å²) in [6, 6.07) is 0.0963. The Hall–Kier alpha value is -1.32. The van der Waals surface area contributed by atoms with Crippen LogP contribution in [0.4, 0.5) is 4.79 Å². The van der Waals surface area contributed by atoms with Crippen LogP contribution in [-0.2, 0) is 7.05 Å². The zero-order valence-electron chi connectivity index (χ0n) is 10.3. The molecule has 0 N–H and O–H groups in total. The first-order chi connectivity index (χ1) is 7.56. The summed E-state index contributed by atoms with van der Waals surface area (Å²) in [5.74, 6) is 1.22. The first-order valence-electron chi connectivity index (χ1n) is 5.88. The van der Waals surface area contributed by atoms with Crippen molar-refractivity contribution in [1.29, 1.82) is 0 Å². The molecule has 1 saturated heterocycles. The molecule has 88 valence electrons. The van der Waals surface area contributed by atoms with Gasteiger partial charge in [-0.15, -0.1) is 0 Å². The molecule has 1 aromatic rings. The molecule has 2 atom stereocenters. The molecule has 1 aliphatic heterocycles. The summed E-state index contributed by atoms with van der Waals surface area (Å²) in [5.41, 5.74) is 0. The predicted molar refractivity (Wildman–Crippen MR) is 60.9 cm³/mol. The van der Waals surface area contributed by atoms with Crippen molar-refractivity contribution in [2.75, 3.05) is 13.1 Å². The van der Waals surface area contributed by atoms with E-state index in [0.29, 0.717) is 11.8 Å². The number of imidazole rings is 1. The normalized spacial score (nSPS) is 25.8. The number of rotatable bonds is 0. The molecule has 4 nitrogen and oxygen atoms in total. The highest BCUT2D eigenvalue weighted by molar-refractivity contribution is 5.76. The fraction of sp³-hybridized carbons (Fsp3) is 0.667. The largest absolute Gasteiger partial charge is 0.415 e. The standard InChI is InChI=1S/C12H20N3O/c1-10-6-11(2)8-15(7-10)12(16)14-5-4-13(3)9-14/h4-5,9-11H,6-8H2,1-3H3/q+1. The minimum atomic E-state index is 0.0963. The van der Waals surface area contributed by atoms with E-state index >= 15 is 0 Å². The second-order valence-electron chi connectivity index (χ2n) is 5.12. The van der Waals surface area contributed by atoms with E-state index in [1.807, 2.05) is 35.2 Å². The molecule has 0 bridgehead atoms. The molecule has 1 fully saturated rings. The van der Waals surface area contributed by atoms with E-state index in [2.05, 4.69) is 13.8 Å². The molecule has 4 heteroatoms. The molecule has 2 rings (SSSR count). The number of nitrogens with zero attached hydrogens (tertiary/aromatic N) is 3. The van der Waals surface area contributed by atoms with Crippen molar-refractivity contribution >= 4 is 6.03 Å². The van der Waals surface area contributed by atoms with E-state index in [0.717, 1.165) is 13.1 Å². The zero-order chi connectivity index (χ0) is 11.7. The monoisotopic (exact) mass is 222 g/mol. The Morgan fingerprint density at radius 3 is 2.44 bits per heavy atom. The second kappa shape index (κ2) is 4.28. The summed E-state index contributed by atoms with van der Waals surface area (Å²) in [7, 11) is 1.92. The summed E-state index contributed by atoms with van der Waals surface area (Å²) < 4.78 is 3.54. The molecule has 1 aliphatic rings. The lowest BCUT2D eigenvalue weighted by Crippen LogP contribution is -2.44. The van der Waals surface area contributed by atoms with Crippen molar-refractivity contribution in [2.45, 2.75) is 20.3 Å². The van der Waals surface area contributed by atoms with Crippen molar-refractivity contribution in [3.05, 3.63) is 18.7 Å². The van der Waals surface area contributed by atoms with Crippen LogP contribution in [0.15, 0.2) is 18.7 Å². The number of carbonyl (C=O) groups is 1. The zero-order valence-corrected chi connectivity index (χ0v) is 10.3. The number of hydrogen-bond donors (Lipinski definition) is 0. The average Bonchev–Trinajstić information content (AvgIpc) is 2.62. The van der Waals surface area contributed by atoms with Gasteiger partial charge >= 0.3 is 6.03 Å². The van der Waals surface area contributed by atoms with Gasteiger partial charge < -0.3 is 4.90 Å². The maximum atomic E-state index is 12.2. The van der Waals surface area contributed by atoms with E-state index in [4.69, 9.17) is 0 Å². The van der Waals surface area contributed by atoms with Gasteiger partial charge in [0.15, 0.2) is 0 Å². The molecule has 2 unspecified atom stereocenters. The van der Waals surface area contributed by atoms with E-state index in [1.165, 1.54) is 6.42 Å². The number of amides is 1. The van der Waals surface area contributed by atoms with Crippen LogP contribution >= 0.6 is 0 Å². The Morgan fingerprint density at radius 2 is 1.94 bits per heavy atom. The molecular weight excluding hydrogens is 202 g/mol. The highest BCUT2D eigenvalue weighted by Gasteiger charge is 2.28. The second-order valence-corrected chi connectivity index (χ2v) is 5.12. The first kappa shape index (κ1) is 11.2. The van der Waals surface area contributed by atoms with Gasteiger partial charge in [-0.2, -0.15) is 4.57 Å². The number of aryl methyl sites for hydroxylation is 1. The van der Waals surface area contributed by atoms with Crippen molar-refractivity contribution in [3.8, 4) is 0 Å². The highest BCUT2D eigenvalue weighted by atomic mass is 16.2. The van der Waals surface area contributed by atoms with Crippen LogP contribution in [0.3, 0.4) is 0 Å². The lowest BCUT2D eigenvalue weighted by Gasteiger charge is -2.33. The van der Waals surface area contributed by atoms with Crippen LogP contribution in [0.1, 0.15) is 20.3 Å². The number of likely N-dealkylation sites (tertiary alicyclic amines) is 1. The minimum Gasteiger partial charge on any atom is -0.304 e. The number of aromatic nitrogens is 2. The van der Waals surface area contributed by atoms with Crippen LogP contribution in [0.25, 0.3) is 0 Å². The molecule has 0 radical (unpaired) electrons. The smallest absolute Gasteiger partial charge is 0.304 e. The van der Waals surface area contributed by atoms with Gasteiger partial charge in [0.25, 0.3) is 6.33 Å². The Bertz CT molecular complexity index is 375. The summed E-state index contributed by atoms with van der Waals surface area (Å²) in [6.45, 7) is 6.19. The lowest BCUT2D eigenvalue weighted by molar-refractivity contribution is -0.670. The molecule has 0 saturated carbocycles. The highest BCUT2D eigenvalue weighted by Crippen LogP contribution is 2.21. The third kappa shape index (κ3) is 2.26. The van der Waals surface area contributed by atoms with Gasteiger partial charge in [0.2, 0.25) is 0 Å². The summed E-state index contributed by atoms with van der Waals surface area (Å²) >= 11 is 0. The summed E-state index contributed by atoms with van der Waals surface area (Å²) in [4.78, 5) is 14.1. The number of hydrogen-bond acceptors (Lipinski definition) is 1. The Labute approximate surface area is 96.5 Å². The van der Waals surface area contributed by atoms with Crippen LogP contribution < -0.4 is 4.57 Å². The van der Waals surface area contributed by atoms with Gasteiger partial charge in [-0.3, -0.25) is 0 Å². The van der Waals surface area contributed by atoms with Crippen LogP contribution in [0.5, 0.6) is 0 Å². The van der Waals surface area contributed by atoms with Gasteiger partial charge in [0.1, 0.15) is 12.4 Å². The van der Waals surface area contributed by atoms with Crippen molar-refractivity contribution in [3.63, 3.8) is 0 Å². The maximum absolute atomic E-state index is 12.2. The molecule has 16 heavy (non-hydrogen) atoms. The molecular formula is C12H20N3O+. The fourth-order valence-corrected chi connectivity index (χ4v) is 2.55. The number of carbonyl (C=O) groups excluding carboxylic acids is 1. The van der Waals surface area contributed by atoms with Crippen molar-refractivity contribution in [1.82, 2.24) is 9.47 Å². The predicted octanol–water partition coefficient (Wildman–Crippen LogP) is 1.26. The van der Waals surface area contributed by atoms with E-state index < -0.39 is 0 Å². The van der Waals surface area contributed by atoms with E-state index in [-0.39, 0.29) is 6.03 Å². The van der Waals surface area contributed by atoms with E-state index in [1.54, 1.807) is 4.57 Å². The van der Waals surface area contributed by atoms with Gasteiger partial charge in [-0.05, 0) is 18.3 Å². The maximum Gasteiger partial charge on any atom is 0.415 e. The summed E-state index contributed by atoms with van der Waals surface area (Å²) in [5, 5.41) is 0. The molecule has 0 aromatic carbocycles. The Balaban J connectivity index is 2.09. The molecule has 0 spiro atoms. The van der Waals surface area contributed by atoms with Gasteiger partial charge in [-0.25, -0.2) is 9.36 Å². The first-order valence-corrected chi connectivity index (χ1v) is 5.88. The molecule has 1 amide bonds. The van der Waals surface area contributed by atoms with Crippen molar-refractivity contribution in [2.24, 2.45) is 18.9 Å². The quantitative estimate of drug-likeness (QED) is 0.608. The van der Waals surface area contributed by atoms with Gasteiger partial charge in [0.05, 0.1) is 7.05 Å². The Kier molecular flexibility index (Phi) is 2.99.